The van der Waals surface area contributed by atoms with Crippen LogP contribution in [0.3, 0.4) is 0 Å². The van der Waals surface area contributed by atoms with Gasteiger partial charge >= 0.3 is 0 Å². The highest BCUT2D eigenvalue weighted by molar-refractivity contribution is 14.0. The van der Waals surface area contributed by atoms with E-state index in [1.54, 1.807) is 6.92 Å². The zero-order valence-corrected chi connectivity index (χ0v) is 18.4. The molecule has 0 amide bonds. The van der Waals surface area contributed by atoms with Crippen LogP contribution in [0.25, 0.3) is 0 Å². The Labute approximate surface area is 175 Å². The van der Waals surface area contributed by atoms with Crippen molar-refractivity contribution < 1.29 is 5.11 Å². The van der Waals surface area contributed by atoms with Gasteiger partial charge in [-0.1, -0.05) is 29.8 Å². The van der Waals surface area contributed by atoms with Gasteiger partial charge in [0.05, 0.1) is 6.54 Å². The van der Waals surface area contributed by atoms with Crippen molar-refractivity contribution in [1.82, 2.24) is 10.6 Å². The molecule has 2 rings (SSSR count). The minimum absolute atomic E-state index is 0. The van der Waals surface area contributed by atoms with Crippen molar-refractivity contribution in [2.45, 2.75) is 25.9 Å². The largest absolute Gasteiger partial charge is 0.383 e. The minimum atomic E-state index is -0.955. The Kier molecular flexibility index (Phi) is 9.78. The number of nitrogens with one attached hydrogen (secondary N) is 2. The summed E-state index contributed by atoms with van der Waals surface area (Å²) in [6, 6.07) is 11.7. The van der Waals surface area contributed by atoms with Crippen LogP contribution in [0.1, 0.15) is 24.3 Å². The predicted octanol–water partition coefficient (Wildman–Crippen LogP) is 4.02. The van der Waals surface area contributed by atoms with Gasteiger partial charge in [0.25, 0.3) is 0 Å². The number of halogens is 2. The van der Waals surface area contributed by atoms with E-state index in [0.717, 1.165) is 29.4 Å². The molecule has 0 radical (unpaired) electrons. The summed E-state index contributed by atoms with van der Waals surface area (Å²) in [7, 11) is 0. The average Bonchev–Trinajstić information content (AvgIpc) is 3.08. The third kappa shape index (κ3) is 7.52. The van der Waals surface area contributed by atoms with Crippen molar-refractivity contribution in [3.63, 3.8) is 0 Å². The molecule has 1 atom stereocenters. The molecule has 0 aliphatic heterocycles. The standard InChI is InChI=1S/C18H24ClN3OS.HI/c1-3-20-17(21-10-9-14-6-4-7-15(19)12-14)22-13-18(2,23)16-8-5-11-24-16;/h4-8,11-12,23H,3,9-10,13H2,1-2H3,(H2,20,21,22);1H. The number of hydrogen-bond acceptors (Lipinski definition) is 3. The molecule has 2 aromatic rings. The Morgan fingerprint density at radius 1 is 1.28 bits per heavy atom. The molecular weight excluding hydrogens is 469 g/mol. The zero-order chi connectivity index (χ0) is 17.4. The molecule has 0 aliphatic carbocycles. The number of aliphatic imine (C=N–C) groups is 1. The third-order valence-corrected chi connectivity index (χ3v) is 4.89. The average molecular weight is 494 g/mol. The van der Waals surface area contributed by atoms with Crippen molar-refractivity contribution in [3.8, 4) is 0 Å². The van der Waals surface area contributed by atoms with Gasteiger partial charge in [-0.05, 0) is 49.4 Å². The summed E-state index contributed by atoms with van der Waals surface area (Å²) in [6.45, 7) is 5.63. The monoisotopic (exact) mass is 493 g/mol. The zero-order valence-electron chi connectivity index (χ0n) is 14.5. The molecule has 7 heteroatoms. The molecule has 1 aromatic carbocycles. The summed E-state index contributed by atoms with van der Waals surface area (Å²) >= 11 is 7.54. The van der Waals surface area contributed by atoms with E-state index in [4.69, 9.17) is 11.6 Å². The second kappa shape index (κ2) is 11.0. The lowest BCUT2D eigenvalue weighted by Gasteiger charge is -2.20. The van der Waals surface area contributed by atoms with Crippen LogP contribution in [0.5, 0.6) is 0 Å². The summed E-state index contributed by atoms with van der Waals surface area (Å²) in [5, 5.41) is 19.8. The maximum atomic E-state index is 10.6. The van der Waals surface area contributed by atoms with E-state index in [9.17, 15) is 5.11 Å². The molecule has 1 heterocycles. The van der Waals surface area contributed by atoms with Gasteiger partial charge in [0.2, 0.25) is 0 Å². The lowest BCUT2D eigenvalue weighted by molar-refractivity contribution is 0.0711. The number of rotatable bonds is 7. The van der Waals surface area contributed by atoms with E-state index in [-0.39, 0.29) is 24.0 Å². The van der Waals surface area contributed by atoms with Crippen LogP contribution in [0.2, 0.25) is 5.02 Å². The first-order valence-electron chi connectivity index (χ1n) is 8.04. The van der Waals surface area contributed by atoms with Crippen LogP contribution in [-0.2, 0) is 12.0 Å². The lowest BCUT2D eigenvalue weighted by atomic mass is 10.1. The molecular formula is C18H25ClIN3OS. The Bertz CT molecular complexity index is 662. The number of hydrogen-bond donors (Lipinski definition) is 3. The van der Waals surface area contributed by atoms with Gasteiger partial charge in [0.15, 0.2) is 5.96 Å². The van der Waals surface area contributed by atoms with Crippen LogP contribution in [0.15, 0.2) is 46.8 Å². The first-order chi connectivity index (χ1) is 11.5. The molecule has 0 spiro atoms. The SMILES string of the molecule is CCNC(=NCC(C)(O)c1cccs1)NCCc1cccc(Cl)c1.I. The predicted molar refractivity (Wildman–Crippen MR) is 118 cm³/mol. The quantitative estimate of drug-likeness (QED) is 0.310. The molecule has 0 aliphatic rings. The highest BCUT2D eigenvalue weighted by Gasteiger charge is 2.23. The second-order valence-corrected chi connectivity index (χ2v) is 7.14. The van der Waals surface area contributed by atoms with E-state index in [1.165, 1.54) is 16.9 Å². The fourth-order valence-corrected chi connectivity index (χ4v) is 3.25. The van der Waals surface area contributed by atoms with Crippen LogP contribution in [-0.4, -0.2) is 30.7 Å². The summed E-state index contributed by atoms with van der Waals surface area (Å²) in [4.78, 5) is 5.43. The number of aliphatic hydroxyl groups is 1. The lowest BCUT2D eigenvalue weighted by Crippen LogP contribution is -2.39. The maximum Gasteiger partial charge on any atom is 0.191 e. The molecule has 0 fully saturated rings. The van der Waals surface area contributed by atoms with Gasteiger partial charge < -0.3 is 15.7 Å². The molecule has 3 N–H and O–H groups in total. The summed E-state index contributed by atoms with van der Waals surface area (Å²) in [6.07, 6.45) is 0.853. The number of benzene rings is 1. The van der Waals surface area contributed by atoms with Crippen molar-refractivity contribution >= 4 is 52.9 Å². The molecule has 0 saturated heterocycles. The summed E-state index contributed by atoms with van der Waals surface area (Å²) in [5.74, 6) is 0.705. The van der Waals surface area contributed by atoms with E-state index in [0.29, 0.717) is 12.5 Å². The normalized spacial score (nSPS) is 13.7. The fourth-order valence-electron chi connectivity index (χ4n) is 2.26. The van der Waals surface area contributed by atoms with Crippen molar-refractivity contribution in [2.75, 3.05) is 19.6 Å². The second-order valence-electron chi connectivity index (χ2n) is 5.75. The molecule has 0 saturated carbocycles. The smallest absolute Gasteiger partial charge is 0.191 e. The van der Waals surface area contributed by atoms with Crippen molar-refractivity contribution in [1.29, 1.82) is 0 Å². The highest BCUT2D eigenvalue weighted by Crippen LogP contribution is 2.25. The Hall–Kier alpha value is -0.830. The van der Waals surface area contributed by atoms with Crippen molar-refractivity contribution in [2.24, 2.45) is 4.99 Å². The van der Waals surface area contributed by atoms with Crippen LogP contribution in [0.4, 0.5) is 0 Å². The topological polar surface area (TPSA) is 56.7 Å². The Morgan fingerprint density at radius 3 is 2.72 bits per heavy atom. The number of guanidine groups is 1. The third-order valence-electron chi connectivity index (χ3n) is 3.54. The van der Waals surface area contributed by atoms with Crippen molar-refractivity contribution in [3.05, 3.63) is 57.2 Å². The Balaban J connectivity index is 0.00000312. The summed E-state index contributed by atoms with van der Waals surface area (Å²) < 4.78 is 0. The van der Waals surface area contributed by atoms with E-state index >= 15 is 0 Å². The molecule has 1 aromatic heterocycles. The van der Waals surface area contributed by atoms with Gasteiger partial charge in [-0.2, -0.15) is 0 Å². The number of nitrogens with zero attached hydrogens (tertiary/aromatic N) is 1. The van der Waals surface area contributed by atoms with E-state index in [2.05, 4.69) is 21.7 Å². The highest BCUT2D eigenvalue weighted by atomic mass is 127. The fraction of sp³-hybridized carbons (Fsp3) is 0.389. The van der Waals surface area contributed by atoms with Crippen LogP contribution in [0, 0.1) is 0 Å². The summed E-state index contributed by atoms with van der Waals surface area (Å²) in [5.41, 5.74) is 0.222. The molecule has 4 nitrogen and oxygen atoms in total. The van der Waals surface area contributed by atoms with Gasteiger partial charge in [0.1, 0.15) is 5.60 Å². The molecule has 0 bridgehead atoms. The number of thiophene rings is 1. The minimum Gasteiger partial charge on any atom is -0.383 e. The van der Waals surface area contributed by atoms with Gasteiger partial charge in [-0.25, -0.2) is 4.99 Å². The van der Waals surface area contributed by atoms with E-state index in [1.807, 2.05) is 42.6 Å². The van der Waals surface area contributed by atoms with Crippen LogP contribution >= 0.6 is 46.9 Å². The van der Waals surface area contributed by atoms with Gasteiger partial charge in [0, 0.05) is 23.0 Å². The maximum absolute atomic E-state index is 10.6. The van der Waals surface area contributed by atoms with Gasteiger partial charge in [-0.3, -0.25) is 0 Å². The molecule has 138 valence electrons. The molecule has 1 unspecified atom stereocenters. The van der Waals surface area contributed by atoms with E-state index < -0.39 is 5.60 Å². The first-order valence-corrected chi connectivity index (χ1v) is 9.30. The first kappa shape index (κ1) is 22.2. The molecule has 25 heavy (non-hydrogen) atoms. The van der Waals surface area contributed by atoms with Gasteiger partial charge in [-0.15, -0.1) is 35.3 Å². The Morgan fingerprint density at radius 2 is 2.08 bits per heavy atom. The van der Waals surface area contributed by atoms with Crippen LogP contribution < -0.4 is 10.6 Å².